The van der Waals surface area contributed by atoms with Crippen molar-refractivity contribution in [3.63, 3.8) is 0 Å². The number of hydrogen-bond acceptors (Lipinski definition) is 4. The van der Waals surface area contributed by atoms with Crippen LogP contribution in [0.5, 0.6) is 0 Å². The summed E-state index contributed by atoms with van der Waals surface area (Å²) in [6.45, 7) is 0.226. The highest BCUT2D eigenvalue weighted by Gasteiger charge is 2.15. The summed E-state index contributed by atoms with van der Waals surface area (Å²) >= 11 is 0. The molecule has 2 aromatic rings. The average molecular weight is 290 g/mol. The van der Waals surface area contributed by atoms with Crippen LogP contribution in [0.1, 0.15) is 5.56 Å². The molecule has 0 aliphatic carbocycles. The van der Waals surface area contributed by atoms with Crippen molar-refractivity contribution < 1.29 is 8.42 Å². The fourth-order valence-electron chi connectivity index (χ4n) is 1.56. The maximum atomic E-state index is 12.3. The number of benzene rings is 1. The van der Waals surface area contributed by atoms with E-state index in [-0.39, 0.29) is 11.4 Å². The van der Waals surface area contributed by atoms with Crippen molar-refractivity contribution in [1.82, 2.24) is 9.78 Å². The molecule has 1 aromatic heterocycles. The Morgan fingerprint density at radius 1 is 1.40 bits per heavy atom. The van der Waals surface area contributed by atoms with Gasteiger partial charge in [-0.2, -0.15) is 5.10 Å². The van der Waals surface area contributed by atoms with Crippen molar-refractivity contribution in [3.8, 4) is 11.8 Å². The van der Waals surface area contributed by atoms with Crippen LogP contribution < -0.4 is 10.5 Å². The van der Waals surface area contributed by atoms with Crippen LogP contribution in [0.4, 0.5) is 5.82 Å². The lowest BCUT2D eigenvalue weighted by atomic mass is 10.2. The largest absolute Gasteiger partial charge is 0.320 e. The molecular weight excluding hydrogens is 276 g/mol. The molecule has 1 heterocycles. The van der Waals surface area contributed by atoms with Crippen LogP contribution in [0.25, 0.3) is 0 Å². The molecule has 0 saturated carbocycles. The van der Waals surface area contributed by atoms with Gasteiger partial charge in [0.1, 0.15) is 5.82 Å². The number of nitrogens with one attached hydrogen (secondary N) is 1. The van der Waals surface area contributed by atoms with Crippen molar-refractivity contribution in [2.75, 3.05) is 11.3 Å². The summed E-state index contributed by atoms with van der Waals surface area (Å²) in [5, 5.41) is 3.91. The zero-order valence-electron chi connectivity index (χ0n) is 10.9. The van der Waals surface area contributed by atoms with Crippen molar-refractivity contribution >= 4 is 15.8 Å². The van der Waals surface area contributed by atoms with Gasteiger partial charge >= 0.3 is 0 Å². The van der Waals surface area contributed by atoms with Gasteiger partial charge < -0.3 is 5.73 Å². The lowest BCUT2D eigenvalue weighted by Gasteiger charge is -2.08. The maximum Gasteiger partial charge on any atom is 0.263 e. The summed E-state index contributed by atoms with van der Waals surface area (Å²) in [4.78, 5) is 0.141. The highest BCUT2D eigenvalue weighted by molar-refractivity contribution is 7.92. The number of aromatic nitrogens is 2. The van der Waals surface area contributed by atoms with Gasteiger partial charge in [0, 0.05) is 18.7 Å². The number of anilines is 1. The second kappa shape index (κ2) is 5.77. The summed E-state index contributed by atoms with van der Waals surface area (Å²) < 4.78 is 28.4. The summed E-state index contributed by atoms with van der Waals surface area (Å²) in [6.07, 6.45) is 1.51. The van der Waals surface area contributed by atoms with Crippen LogP contribution in [-0.2, 0) is 17.1 Å². The van der Waals surface area contributed by atoms with Gasteiger partial charge in [0.25, 0.3) is 10.0 Å². The predicted molar refractivity (Wildman–Crippen MR) is 76.4 cm³/mol. The Hall–Kier alpha value is -2.30. The second-order valence-electron chi connectivity index (χ2n) is 3.98. The fraction of sp³-hybridized carbons (Fsp3) is 0.154. The number of hydrogen-bond donors (Lipinski definition) is 2. The Kier molecular flexibility index (Phi) is 4.08. The van der Waals surface area contributed by atoms with Gasteiger partial charge in [0.2, 0.25) is 0 Å². The van der Waals surface area contributed by atoms with E-state index in [0.717, 1.165) is 0 Å². The minimum absolute atomic E-state index is 0.141. The van der Waals surface area contributed by atoms with Gasteiger partial charge in [-0.25, -0.2) is 8.42 Å². The molecule has 3 N–H and O–H groups in total. The molecule has 0 aliphatic rings. The molecule has 0 fully saturated rings. The topological polar surface area (TPSA) is 90.0 Å². The zero-order chi connectivity index (χ0) is 14.6. The molecule has 20 heavy (non-hydrogen) atoms. The van der Waals surface area contributed by atoms with Crippen LogP contribution in [0.3, 0.4) is 0 Å². The average Bonchev–Trinajstić information content (AvgIpc) is 2.82. The van der Waals surface area contributed by atoms with E-state index in [2.05, 4.69) is 21.7 Å². The molecular formula is C13H14N4O2S. The van der Waals surface area contributed by atoms with Gasteiger partial charge in [-0.1, -0.05) is 17.9 Å². The number of rotatable bonds is 3. The molecule has 2 rings (SSSR count). The fourth-order valence-corrected chi connectivity index (χ4v) is 2.70. The van der Waals surface area contributed by atoms with Gasteiger partial charge in [0.15, 0.2) is 0 Å². The van der Waals surface area contributed by atoms with Gasteiger partial charge in [-0.15, -0.1) is 0 Å². The third kappa shape index (κ3) is 3.17. The number of aryl methyl sites for hydroxylation is 1. The smallest absolute Gasteiger partial charge is 0.263 e. The monoisotopic (exact) mass is 290 g/mol. The Morgan fingerprint density at radius 2 is 2.20 bits per heavy atom. The van der Waals surface area contributed by atoms with E-state index in [1.807, 2.05) is 0 Å². The summed E-state index contributed by atoms with van der Waals surface area (Å²) in [7, 11) is -2.01. The van der Waals surface area contributed by atoms with E-state index < -0.39 is 10.0 Å². The van der Waals surface area contributed by atoms with Crippen molar-refractivity contribution in [2.45, 2.75) is 4.90 Å². The molecule has 0 spiro atoms. The van der Waals surface area contributed by atoms with Crippen LogP contribution >= 0.6 is 0 Å². The standard InChI is InChI=1S/C13H14N4O2S/c1-17-13(7-9-15-17)16-20(18,19)12-6-2-4-11(10-12)5-3-8-14/h2,4,6-7,9-10,16H,8,14H2,1H3. The Bertz CT molecular complexity index is 769. The number of sulfonamides is 1. The van der Waals surface area contributed by atoms with Crippen molar-refractivity contribution in [1.29, 1.82) is 0 Å². The van der Waals surface area contributed by atoms with E-state index in [0.29, 0.717) is 11.4 Å². The summed E-state index contributed by atoms with van der Waals surface area (Å²) in [5.74, 6) is 5.88. The molecule has 0 unspecified atom stereocenters. The van der Waals surface area contributed by atoms with Gasteiger partial charge in [-0.3, -0.25) is 9.40 Å². The van der Waals surface area contributed by atoms with E-state index in [4.69, 9.17) is 5.73 Å². The molecule has 0 aliphatic heterocycles. The number of nitrogens with zero attached hydrogens (tertiary/aromatic N) is 2. The summed E-state index contributed by atoms with van der Waals surface area (Å²) in [6, 6.07) is 7.95. The minimum Gasteiger partial charge on any atom is -0.320 e. The van der Waals surface area contributed by atoms with E-state index in [1.54, 1.807) is 25.2 Å². The molecule has 104 valence electrons. The van der Waals surface area contributed by atoms with Crippen LogP contribution in [0.15, 0.2) is 41.4 Å². The molecule has 1 aromatic carbocycles. The number of nitrogens with two attached hydrogens (primary N) is 1. The van der Waals surface area contributed by atoms with Gasteiger partial charge in [0.05, 0.1) is 17.6 Å². The Morgan fingerprint density at radius 3 is 2.85 bits per heavy atom. The SMILES string of the molecule is Cn1nccc1NS(=O)(=O)c1cccc(C#CCN)c1. The highest BCUT2D eigenvalue weighted by Crippen LogP contribution is 2.16. The molecule has 7 heteroatoms. The third-order valence-electron chi connectivity index (χ3n) is 2.54. The van der Waals surface area contributed by atoms with Crippen LogP contribution in [-0.4, -0.2) is 24.7 Å². The molecule has 0 amide bonds. The summed E-state index contributed by atoms with van der Waals surface area (Å²) in [5.41, 5.74) is 5.89. The van der Waals surface area contributed by atoms with Crippen LogP contribution in [0.2, 0.25) is 0 Å². The molecule has 0 bridgehead atoms. The Labute approximate surface area is 117 Å². The van der Waals surface area contributed by atoms with E-state index in [1.165, 1.54) is 23.0 Å². The van der Waals surface area contributed by atoms with E-state index in [9.17, 15) is 8.42 Å². The van der Waals surface area contributed by atoms with Crippen LogP contribution in [0, 0.1) is 11.8 Å². The first kappa shape index (κ1) is 14.1. The maximum absolute atomic E-state index is 12.3. The lowest BCUT2D eigenvalue weighted by Crippen LogP contribution is -2.15. The van der Waals surface area contributed by atoms with Crippen molar-refractivity contribution in [2.24, 2.45) is 12.8 Å². The van der Waals surface area contributed by atoms with Crippen molar-refractivity contribution in [3.05, 3.63) is 42.1 Å². The lowest BCUT2D eigenvalue weighted by molar-refractivity contribution is 0.600. The Balaban J connectivity index is 2.32. The highest BCUT2D eigenvalue weighted by atomic mass is 32.2. The first-order chi connectivity index (χ1) is 9.53. The van der Waals surface area contributed by atoms with E-state index >= 15 is 0 Å². The zero-order valence-corrected chi connectivity index (χ0v) is 11.7. The quantitative estimate of drug-likeness (QED) is 0.807. The third-order valence-corrected chi connectivity index (χ3v) is 3.89. The predicted octanol–water partition coefficient (Wildman–Crippen LogP) is 0.531. The second-order valence-corrected chi connectivity index (χ2v) is 5.66. The molecule has 0 atom stereocenters. The molecule has 6 nitrogen and oxygen atoms in total. The minimum atomic E-state index is -3.66. The first-order valence-electron chi connectivity index (χ1n) is 5.83. The first-order valence-corrected chi connectivity index (χ1v) is 7.31. The molecule has 0 radical (unpaired) electrons. The molecule has 0 saturated heterocycles. The normalized spacial score (nSPS) is 10.7. The van der Waals surface area contributed by atoms with Gasteiger partial charge in [-0.05, 0) is 18.2 Å².